The van der Waals surface area contributed by atoms with E-state index in [0.717, 1.165) is 38.4 Å². The minimum Gasteiger partial charge on any atom is -0.353 e. The first-order valence-corrected chi connectivity index (χ1v) is 8.43. The monoisotopic (exact) mass is 344 g/mol. The highest BCUT2D eigenvalue weighted by atomic mass is 16.1. The molecule has 3 aromatic heterocycles. The largest absolute Gasteiger partial charge is 0.353 e. The van der Waals surface area contributed by atoms with Gasteiger partial charge in [0.25, 0.3) is 5.91 Å². The van der Waals surface area contributed by atoms with Gasteiger partial charge in [-0.2, -0.15) is 5.10 Å². The summed E-state index contributed by atoms with van der Waals surface area (Å²) in [4.78, 5) is 22.9. The molecule has 7 nitrogen and oxygen atoms in total. The summed E-state index contributed by atoms with van der Waals surface area (Å²) >= 11 is 0. The maximum absolute atomic E-state index is 12.4. The molecule has 0 fully saturated rings. The van der Waals surface area contributed by atoms with E-state index >= 15 is 0 Å². The number of aromatic nitrogens is 5. The van der Waals surface area contributed by atoms with Crippen LogP contribution in [-0.4, -0.2) is 37.6 Å². The number of fused-ring (bicyclic) bond motifs is 5. The Morgan fingerprint density at radius 1 is 1.12 bits per heavy atom. The summed E-state index contributed by atoms with van der Waals surface area (Å²) in [5.74, 6) is -0.0900. The Hall–Kier alpha value is -3.61. The number of benzene rings is 2. The molecule has 5 aromatic rings. The normalized spacial score (nSPS) is 11.5. The SMILES string of the molecule is O=C(NCCc1c[nH]cn1)c1ccc2c(c1)[nH]c1c2ccc2cn[nH]c21. The van der Waals surface area contributed by atoms with Gasteiger partial charge in [-0.25, -0.2) is 4.98 Å². The van der Waals surface area contributed by atoms with Gasteiger partial charge in [-0.1, -0.05) is 18.2 Å². The summed E-state index contributed by atoms with van der Waals surface area (Å²) in [7, 11) is 0. The molecule has 0 bridgehead atoms. The van der Waals surface area contributed by atoms with Crippen molar-refractivity contribution in [2.75, 3.05) is 6.54 Å². The summed E-state index contributed by atoms with van der Waals surface area (Å²) < 4.78 is 0. The van der Waals surface area contributed by atoms with Crippen LogP contribution < -0.4 is 5.32 Å². The molecule has 0 radical (unpaired) electrons. The molecule has 0 saturated carbocycles. The number of hydrogen-bond acceptors (Lipinski definition) is 3. The van der Waals surface area contributed by atoms with Crippen molar-refractivity contribution < 1.29 is 4.79 Å². The van der Waals surface area contributed by atoms with Crippen molar-refractivity contribution in [1.82, 2.24) is 30.5 Å². The molecule has 0 aliphatic heterocycles. The summed E-state index contributed by atoms with van der Waals surface area (Å²) in [6.07, 6.45) is 5.97. The molecule has 7 heteroatoms. The van der Waals surface area contributed by atoms with Gasteiger partial charge in [0.15, 0.2) is 0 Å². The molecule has 0 aliphatic rings. The van der Waals surface area contributed by atoms with Crippen LogP contribution in [0.5, 0.6) is 0 Å². The third-order valence-corrected chi connectivity index (χ3v) is 4.67. The molecule has 128 valence electrons. The lowest BCUT2D eigenvalue weighted by atomic mass is 10.1. The zero-order valence-electron chi connectivity index (χ0n) is 13.8. The van der Waals surface area contributed by atoms with Gasteiger partial charge in [0.2, 0.25) is 0 Å². The number of aromatic amines is 3. The first-order chi connectivity index (χ1) is 12.8. The van der Waals surface area contributed by atoms with Crippen LogP contribution in [0, 0.1) is 0 Å². The summed E-state index contributed by atoms with van der Waals surface area (Å²) in [5, 5.41) is 13.3. The highest BCUT2D eigenvalue weighted by Crippen LogP contribution is 2.30. The minimum absolute atomic E-state index is 0.0900. The zero-order chi connectivity index (χ0) is 17.5. The smallest absolute Gasteiger partial charge is 0.251 e. The fraction of sp³-hybridized carbons (Fsp3) is 0.105. The average molecular weight is 344 g/mol. The van der Waals surface area contributed by atoms with Crippen LogP contribution in [0.25, 0.3) is 32.7 Å². The number of carbonyl (C=O) groups is 1. The first kappa shape index (κ1) is 14.7. The van der Waals surface area contributed by atoms with Gasteiger partial charge in [0.1, 0.15) is 0 Å². The van der Waals surface area contributed by atoms with E-state index in [0.29, 0.717) is 18.5 Å². The van der Waals surface area contributed by atoms with E-state index in [1.807, 2.05) is 30.5 Å². The highest BCUT2D eigenvalue weighted by Gasteiger charge is 2.12. The molecular formula is C19H16N6O. The summed E-state index contributed by atoms with van der Waals surface area (Å²) in [6, 6.07) is 9.86. The van der Waals surface area contributed by atoms with Gasteiger partial charge in [-0.15, -0.1) is 0 Å². The van der Waals surface area contributed by atoms with Crippen molar-refractivity contribution in [2.45, 2.75) is 6.42 Å². The number of amides is 1. The van der Waals surface area contributed by atoms with Crippen LogP contribution in [0.2, 0.25) is 0 Å². The molecule has 4 N–H and O–H groups in total. The standard InChI is InChI=1S/C19H16N6O/c26-19(21-6-5-13-9-20-10-22-13)11-1-3-14-15-4-2-12-8-23-25-17(12)18(15)24-16(14)7-11/h1-4,7-10,24H,5-6H2,(H,20,22)(H,21,26)(H,23,25). The lowest BCUT2D eigenvalue weighted by molar-refractivity contribution is 0.0954. The molecule has 0 aliphatic carbocycles. The molecule has 3 heterocycles. The van der Waals surface area contributed by atoms with Crippen molar-refractivity contribution in [3.05, 3.63) is 60.3 Å². The third kappa shape index (κ3) is 2.33. The second kappa shape index (κ2) is 5.73. The lowest BCUT2D eigenvalue weighted by Crippen LogP contribution is -2.25. The number of carbonyl (C=O) groups excluding carboxylic acids is 1. The summed E-state index contributed by atoms with van der Waals surface area (Å²) in [5.41, 5.74) is 4.48. The Bertz CT molecular complexity index is 1230. The Morgan fingerprint density at radius 3 is 2.92 bits per heavy atom. The molecule has 0 spiro atoms. The molecule has 26 heavy (non-hydrogen) atoms. The Kier molecular flexibility index (Phi) is 3.24. The maximum atomic E-state index is 12.4. The van der Waals surface area contributed by atoms with Crippen LogP contribution in [0.3, 0.4) is 0 Å². The molecular weight excluding hydrogens is 328 g/mol. The van der Waals surface area contributed by atoms with E-state index in [-0.39, 0.29) is 5.91 Å². The number of H-pyrrole nitrogens is 3. The molecule has 0 unspecified atom stereocenters. The highest BCUT2D eigenvalue weighted by molar-refractivity contribution is 6.16. The maximum Gasteiger partial charge on any atom is 0.251 e. The van der Waals surface area contributed by atoms with Crippen molar-refractivity contribution >= 4 is 38.6 Å². The lowest BCUT2D eigenvalue weighted by Gasteiger charge is -2.04. The Morgan fingerprint density at radius 2 is 2.04 bits per heavy atom. The predicted octanol–water partition coefficient (Wildman–Crippen LogP) is 2.89. The third-order valence-electron chi connectivity index (χ3n) is 4.67. The van der Waals surface area contributed by atoms with E-state index in [2.05, 4.69) is 36.5 Å². The molecule has 1 amide bonds. The molecule has 0 atom stereocenters. The van der Waals surface area contributed by atoms with Gasteiger partial charge >= 0.3 is 0 Å². The summed E-state index contributed by atoms with van der Waals surface area (Å²) in [6.45, 7) is 0.545. The number of nitrogens with zero attached hydrogens (tertiary/aromatic N) is 2. The van der Waals surface area contributed by atoms with Gasteiger partial charge in [-0.05, 0) is 12.1 Å². The second-order valence-corrected chi connectivity index (χ2v) is 6.27. The number of rotatable bonds is 4. The fourth-order valence-electron chi connectivity index (χ4n) is 3.36. The first-order valence-electron chi connectivity index (χ1n) is 8.43. The van der Waals surface area contributed by atoms with Crippen LogP contribution in [0.15, 0.2) is 49.1 Å². The van der Waals surface area contributed by atoms with Crippen molar-refractivity contribution in [1.29, 1.82) is 0 Å². The van der Waals surface area contributed by atoms with Crippen molar-refractivity contribution in [2.24, 2.45) is 0 Å². The van der Waals surface area contributed by atoms with Crippen molar-refractivity contribution in [3.8, 4) is 0 Å². The van der Waals surface area contributed by atoms with Crippen LogP contribution >= 0.6 is 0 Å². The van der Waals surface area contributed by atoms with Crippen LogP contribution in [0.1, 0.15) is 16.1 Å². The van der Waals surface area contributed by atoms with E-state index in [4.69, 9.17) is 0 Å². The molecule has 2 aromatic carbocycles. The van der Waals surface area contributed by atoms with Crippen LogP contribution in [-0.2, 0) is 6.42 Å². The van der Waals surface area contributed by atoms with E-state index in [9.17, 15) is 4.79 Å². The topological polar surface area (TPSA) is 102 Å². The zero-order valence-corrected chi connectivity index (χ0v) is 13.8. The van der Waals surface area contributed by atoms with Crippen LogP contribution in [0.4, 0.5) is 0 Å². The quantitative estimate of drug-likeness (QED) is 0.403. The minimum atomic E-state index is -0.0900. The van der Waals surface area contributed by atoms with Gasteiger partial charge in [0.05, 0.1) is 29.3 Å². The Balaban J connectivity index is 1.45. The number of nitrogens with one attached hydrogen (secondary N) is 4. The van der Waals surface area contributed by atoms with E-state index in [1.165, 1.54) is 0 Å². The number of hydrogen-bond donors (Lipinski definition) is 4. The molecule has 5 rings (SSSR count). The fourth-order valence-corrected chi connectivity index (χ4v) is 3.36. The molecule has 0 saturated heterocycles. The number of imidazole rings is 1. The van der Waals surface area contributed by atoms with Gasteiger partial charge in [-0.3, -0.25) is 9.89 Å². The van der Waals surface area contributed by atoms with Gasteiger partial charge < -0.3 is 15.3 Å². The second-order valence-electron chi connectivity index (χ2n) is 6.27. The Labute approximate surface area is 147 Å². The van der Waals surface area contributed by atoms with E-state index < -0.39 is 0 Å². The van der Waals surface area contributed by atoms with Crippen molar-refractivity contribution in [3.63, 3.8) is 0 Å². The average Bonchev–Trinajstić information content (AvgIpc) is 3.39. The predicted molar refractivity (Wildman–Crippen MR) is 100 cm³/mol. The van der Waals surface area contributed by atoms with E-state index in [1.54, 1.807) is 12.5 Å². The van der Waals surface area contributed by atoms with Gasteiger partial charge in [0, 0.05) is 46.4 Å².